The molecule has 37 heavy (non-hydrogen) atoms. The van der Waals surface area contributed by atoms with E-state index in [1.165, 1.54) is 0 Å². The number of ketones is 1. The number of esters is 1. The van der Waals surface area contributed by atoms with E-state index in [4.69, 9.17) is 18.9 Å². The van der Waals surface area contributed by atoms with Gasteiger partial charge in [0.2, 0.25) is 0 Å². The van der Waals surface area contributed by atoms with Gasteiger partial charge in [0.1, 0.15) is 17.8 Å². The average Bonchev–Trinajstić information content (AvgIpc) is 3.19. The van der Waals surface area contributed by atoms with Crippen molar-refractivity contribution in [3.05, 3.63) is 71.3 Å². The van der Waals surface area contributed by atoms with Gasteiger partial charge in [-0.25, -0.2) is 4.79 Å². The first-order valence-corrected chi connectivity index (χ1v) is 12.7. The van der Waals surface area contributed by atoms with Crippen molar-refractivity contribution in [2.24, 2.45) is 17.8 Å². The van der Waals surface area contributed by atoms with E-state index in [0.717, 1.165) is 0 Å². The molecule has 3 bridgehead atoms. The van der Waals surface area contributed by atoms with Crippen molar-refractivity contribution >= 4 is 11.8 Å². The Morgan fingerprint density at radius 2 is 1.92 bits per heavy atom. The highest BCUT2D eigenvalue weighted by Crippen LogP contribution is 2.68. The summed E-state index contributed by atoms with van der Waals surface area (Å²) in [7, 11) is 0. The number of hydrogen-bond acceptors (Lipinski definition) is 8. The van der Waals surface area contributed by atoms with E-state index < -0.39 is 64.5 Å². The first-order valence-electron chi connectivity index (χ1n) is 12.7. The molecule has 2 N–H and O–H groups in total. The maximum absolute atomic E-state index is 13.4. The SMILES string of the molecule is C=C(C)C12OC3(C)OC1C1C=C(CO)CC4(O)C(=O)C(C)=CC4C1(O3)C(C)C2OC(=O)c1ccccc1. The molecule has 1 aromatic rings. The third-order valence-corrected chi connectivity index (χ3v) is 9.11. The van der Waals surface area contributed by atoms with Gasteiger partial charge in [-0.3, -0.25) is 4.79 Å². The van der Waals surface area contributed by atoms with Gasteiger partial charge >= 0.3 is 5.97 Å². The number of fused-ring (bicyclic) bond motifs is 2. The summed E-state index contributed by atoms with van der Waals surface area (Å²) < 4.78 is 25.9. The molecule has 9 unspecified atom stereocenters. The third-order valence-electron chi connectivity index (χ3n) is 9.11. The molecule has 0 radical (unpaired) electrons. The molecule has 0 aromatic heterocycles. The van der Waals surface area contributed by atoms with Crippen LogP contribution < -0.4 is 0 Å². The lowest BCUT2D eigenvalue weighted by Gasteiger charge is -2.60. The van der Waals surface area contributed by atoms with Crippen LogP contribution in [0.2, 0.25) is 0 Å². The van der Waals surface area contributed by atoms with E-state index in [1.807, 2.05) is 26.0 Å². The Morgan fingerprint density at radius 3 is 2.57 bits per heavy atom. The van der Waals surface area contributed by atoms with Crippen molar-refractivity contribution in [3.63, 3.8) is 0 Å². The Balaban J connectivity index is 1.58. The molecule has 8 nitrogen and oxygen atoms in total. The number of Topliss-reactive ketones (excluding diaryl/α,β-unsaturated/α-hetero) is 1. The highest BCUT2D eigenvalue weighted by molar-refractivity contribution is 6.05. The van der Waals surface area contributed by atoms with Crippen molar-refractivity contribution in [1.29, 1.82) is 0 Å². The fourth-order valence-electron chi connectivity index (χ4n) is 7.64. The number of benzene rings is 1. The van der Waals surface area contributed by atoms with Crippen LogP contribution in [-0.2, 0) is 23.7 Å². The lowest BCUT2D eigenvalue weighted by atomic mass is 9.53. The second-order valence-electron chi connectivity index (χ2n) is 11.3. The second-order valence-corrected chi connectivity index (χ2v) is 11.3. The zero-order chi connectivity index (χ0) is 26.5. The molecule has 0 amide bonds. The largest absolute Gasteiger partial charge is 0.455 e. The molecule has 6 rings (SSSR count). The van der Waals surface area contributed by atoms with Gasteiger partial charge in [-0.2, -0.15) is 0 Å². The van der Waals surface area contributed by atoms with Gasteiger partial charge in [0.15, 0.2) is 11.4 Å². The summed E-state index contributed by atoms with van der Waals surface area (Å²) in [5, 5.41) is 22.2. The maximum atomic E-state index is 13.4. The van der Waals surface area contributed by atoms with Crippen molar-refractivity contribution in [2.75, 3.05) is 6.61 Å². The molecule has 2 saturated heterocycles. The van der Waals surface area contributed by atoms with Crippen LogP contribution in [0.3, 0.4) is 0 Å². The second kappa shape index (κ2) is 7.71. The molecule has 5 aliphatic rings. The Bertz CT molecular complexity index is 1270. The molecule has 3 aliphatic carbocycles. The zero-order valence-electron chi connectivity index (χ0n) is 21.4. The molecule has 9 atom stereocenters. The van der Waals surface area contributed by atoms with E-state index in [9.17, 15) is 19.8 Å². The smallest absolute Gasteiger partial charge is 0.338 e. The number of aliphatic hydroxyl groups excluding tert-OH is 1. The number of ether oxygens (including phenoxy) is 4. The van der Waals surface area contributed by atoms with Crippen LogP contribution in [0.15, 0.2) is 65.8 Å². The van der Waals surface area contributed by atoms with Gasteiger partial charge in [-0.05, 0) is 42.7 Å². The van der Waals surface area contributed by atoms with Gasteiger partial charge in [0.25, 0.3) is 5.97 Å². The molecule has 8 heteroatoms. The number of hydrogen-bond donors (Lipinski definition) is 2. The highest BCUT2D eigenvalue weighted by atomic mass is 16.9. The van der Waals surface area contributed by atoms with E-state index in [-0.39, 0.29) is 13.0 Å². The van der Waals surface area contributed by atoms with Crippen molar-refractivity contribution in [3.8, 4) is 0 Å². The fourth-order valence-corrected chi connectivity index (χ4v) is 7.64. The van der Waals surface area contributed by atoms with E-state index in [2.05, 4.69) is 6.58 Å². The summed E-state index contributed by atoms with van der Waals surface area (Å²) in [6.07, 6.45) is 1.98. The van der Waals surface area contributed by atoms with Gasteiger partial charge in [-0.1, -0.05) is 43.9 Å². The van der Waals surface area contributed by atoms with Gasteiger partial charge in [0, 0.05) is 31.1 Å². The molecule has 2 aliphatic heterocycles. The minimum atomic E-state index is -1.83. The van der Waals surface area contributed by atoms with Crippen LogP contribution in [0.25, 0.3) is 0 Å². The minimum absolute atomic E-state index is 0.0337. The van der Waals surface area contributed by atoms with Gasteiger partial charge in [-0.15, -0.1) is 0 Å². The molecular formula is C29H32O8. The monoisotopic (exact) mass is 508 g/mol. The number of rotatable bonds is 4. The van der Waals surface area contributed by atoms with Crippen LogP contribution in [0.1, 0.15) is 44.5 Å². The zero-order valence-corrected chi connectivity index (χ0v) is 21.4. The van der Waals surface area contributed by atoms with Crippen molar-refractivity contribution < 1.29 is 38.7 Å². The third kappa shape index (κ3) is 2.96. The van der Waals surface area contributed by atoms with E-state index in [0.29, 0.717) is 22.3 Å². The summed E-state index contributed by atoms with van der Waals surface area (Å²) in [5.41, 5.74) is -2.40. The summed E-state index contributed by atoms with van der Waals surface area (Å²) in [5.74, 6) is -4.35. The van der Waals surface area contributed by atoms with Crippen LogP contribution in [-0.4, -0.2) is 63.6 Å². The Kier molecular flexibility index (Phi) is 5.15. The summed E-state index contributed by atoms with van der Waals surface area (Å²) in [4.78, 5) is 26.7. The first kappa shape index (κ1) is 24.7. The predicted molar refractivity (Wildman–Crippen MR) is 131 cm³/mol. The predicted octanol–water partition coefficient (Wildman–Crippen LogP) is 2.85. The van der Waals surface area contributed by atoms with Crippen LogP contribution >= 0.6 is 0 Å². The topological polar surface area (TPSA) is 112 Å². The van der Waals surface area contributed by atoms with Crippen molar-refractivity contribution in [2.45, 2.75) is 69.1 Å². The summed E-state index contributed by atoms with van der Waals surface area (Å²) in [6, 6.07) is 8.68. The Morgan fingerprint density at radius 1 is 1.22 bits per heavy atom. The summed E-state index contributed by atoms with van der Waals surface area (Å²) in [6.45, 7) is 10.9. The maximum Gasteiger partial charge on any atom is 0.338 e. The summed E-state index contributed by atoms with van der Waals surface area (Å²) >= 11 is 0. The van der Waals surface area contributed by atoms with E-state index >= 15 is 0 Å². The normalized spacial score (nSPS) is 45.5. The minimum Gasteiger partial charge on any atom is -0.455 e. The quantitative estimate of drug-likeness (QED) is 0.472. The van der Waals surface area contributed by atoms with Crippen LogP contribution in [0.4, 0.5) is 0 Å². The van der Waals surface area contributed by atoms with Crippen molar-refractivity contribution in [1.82, 2.24) is 0 Å². The molecule has 1 aromatic carbocycles. The molecular weight excluding hydrogens is 476 g/mol. The molecule has 1 saturated carbocycles. The molecule has 196 valence electrons. The van der Waals surface area contributed by atoms with Crippen LogP contribution in [0, 0.1) is 17.8 Å². The Hall–Kier alpha value is -2.62. The Labute approximate surface area is 215 Å². The number of carbonyl (C=O) groups excluding carboxylic acids is 2. The number of aliphatic hydroxyl groups is 2. The number of carbonyl (C=O) groups is 2. The lowest BCUT2D eigenvalue weighted by molar-refractivity contribution is -0.414. The fraction of sp³-hybridized carbons (Fsp3) is 0.517. The average molecular weight is 509 g/mol. The molecule has 2 heterocycles. The lowest BCUT2D eigenvalue weighted by Crippen LogP contribution is -2.74. The van der Waals surface area contributed by atoms with E-state index in [1.54, 1.807) is 44.2 Å². The molecule has 3 fully saturated rings. The van der Waals surface area contributed by atoms with Crippen LogP contribution in [0.5, 0.6) is 0 Å². The highest BCUT2D eigenvalue weighted by Gasteiger charge is 2.82. The first-order chi connectivity index (χ1) is 17.4. The molecule has 0 spiro atoms. The van der Waals surface area contributed by atoms with Gasteiger partial charge < -0.3 is 29.2 Å². The standard InChI is InChI=1S/C29H32O8/c1-15(2)28-23(34-25(32)19-9-7-6-8-10-19)17(4)29-20(24(28)35-26(5,36-28)37-29)12-18(14-30)13-27(33)21(29)11-16(3)22(27)31/h6-12,17,20-21,23-24,30,33H,1,13-14H2,2-5H3. The van der Waals surface area contributed by atoms with Gasteiger partial charge in [0.05, 0.1) is 17.8 Å².